The summed E-state index contributed by atoms with van der Waals surface area (Å²) in [5.74, 6) is -1.58. The number of ether oxygens (including phenoxy) is 1. The normalized spacial score (nSPS) is 18.3. The molecule has 52 heavy (non-hydrogen) atoms. The van der Waals surface area contributed by atoms with Gasteiger partial charge in [0.05, 0.1) is 6.04 Å². The number of ketones is 1. The van der Waals surface area contributed by atoms with Crippen molar-refractivity contribution >= 4 is 35.0 Å². The van der Waals surface area contributed by atoms with Crippen molar-refractivity contribution in [3.63, 3.8) is 0 Å². The van der Waals surface area contributed by atoms with E-state index in [2.05, 4.69) is 39.9 Å². The average Bonchev–Trinajstić information content (AvgIpc) is 3.94. The molecule has 3 heterocycles. The monoisotopic (exact) mass is 723 g/mol. The summed E-state index contributed by atoms with van der Waals surface area (Å²) in [6.45, 7) is 3.71. The van der Waals surface area contributed by atoms with Crippen LogP contribution >= 0.6 is 11.3 Å². The third-order valence-corrected chi connectivity index (χ3v) is 11.6. The number of aromatic nitrogens is 1. The quantitative estimate of drug-likeness (QED) is 0.195. The molecule has 0 bridgehead atoms. The van der Waals surface area contributed by atoms with Gasteiger partial charge in [0.25, 0.3) is 0 Å². The summed E-state index contributed by atoms with van der Waals surface area (Å²) < 4.78 is 19.2. The van der Waals surface area contributed by atoms with Crippen molar-refractivity contribution in [2.75, 3.05) is 33.3 Å². The Morgan fingerprint density at radius 1 is 0.981 bits per heavy atom. The van der Waals surface area contributed by atoms with E-state index in [1.165, 1.54) is 47.5 Å². The highest BCUT2D eigenvalue weighted by atomic mass is 32.1. The zero-order valence-corrected chi connectivity index (χ0v) is 30.0. The molecule has 2 N–H and O–H groups in total. The van der Waals surface area contributed by atoms with Crippen LogP contribution in [0.1, 0.15) is 76.8 Å². The maximum atomic E-state index is 14.4. The van der Waals surface area contributed by atoms with Crippen LogP contribution in [0, 0.1) is 11.7 Å². The maximum absolute atomic E-state index is 14.4. The van der Waals surface area contributed by atoms with Crippen molar-refractivity contribution in [2.45, 2.75) is 56.7 Å². The van der Waals surface area contributed by atoms with Gasteiger partial charge in [-0.25, -0.2) is 14.2 Å². The molecular weight excluding hydrogens is 682 g/mol. The number of carbonyl (C=O) groups excluding carboxylic acids is 4. The number of hydrogen-bond acceptors (Lipinski definition) is 8. The molecule has 3 amide bonds. The first kappa shape index (κ1) is 35.5. The number of benzene rings is 3. The number of likely N-dealkylation sites (tertiary alicyclic amines) is 1. The van der Waals surface area contributed by atoms with Gasteiger partial charge in [-0.2, -0.15) is 0 Å². The number of thiazole rings is 1. The number of piperidine rings is 1. The summed E-state index contributed by atoms with van der Waals surface area (Å²) in [5.41, 5.74) is 5.04. The molecule has 2 saturated heterocycles. The second kappa shape index (κ2) is 15.3. The van der Waals surface area contributed by atoms with Gasteiger partial charge in [-0.05, 0) is 98.1 Å². The van der Waals surface area contributed by atoms with E-state index in [1.807, 2.05) is 24.3 Å². The van der Waals surface area contributed by atoms with Gasteiger partial charge in [0.2, 0.25) is 17.6 Å². The van der Waals surface area contributed by atoms with Crippen LogP contribution in [0.25, 0.3) is 11.1 Å². The lowest BCUT2D eigenvalue weighted by atomic mass is 9.89. The SMILES string of the molecule is C[C@@H](C(=O)N[C@H](C(=O)N1CCC[C@H]1c1nc(C(=O)c2ccc(F)cc2)cs1)C1CCNCC1)N(C)C(=O)OCC1c2ccccc2-c2ccccc21. The van der Waals surface area contributed by atoms with E-state index >= 15 is 0 Å². The Morgan fingerprint density at radius 2 is 1.63 bits per heavy atom. The number of rotatable bonds is 10. The summed E-state index contributed by atoms with van der Waals surface area (Å²) in [6, 6.07) is 19.5. The van der Waals surface area contributed by atoms with Gasteiger partial charge in [-0.3, -0.25) is 19.3 Å². The molecule has 1 aromatic heterocycles. The minimum absolute atomic E-state index is 0.0992. The Labute approximate surface area is 306 Å². The molecule has 270 valence electrons. The Hall–Kier alpha value is -4.94. The molecule has 1 aliphatic carbocycles. The standard InChI is InChI=1S/C40H42FN5O5S/c1-24(45(2)40(50)51-22-32-30-10-5-3-8-28(30)29-9-4-6-11-31(29)32)37(48)44-35(25-17-19-42-20-18-25)39(49)46-21-7-12-34(46)38-43-33(23-52-38)36(47)26-13-15-27(41)16-14-26/h3-6,8-11,13-16,23-25,32,34-35,42H,7,12,17-22H2,1-2H3,(H,44,48)/t24-,34-,35-/m0/s1. The van der Waals surface area contributed by atoms with Crippen molar-refractivity contribution in [2.24, 2.45) is 5.92 Å². The van der Waals surface area contributed by atoms with E-state index in [9.17, 15) is 23.6 Å². The molecule has 0 saturated carbocycles. The van der Waals surface area contributed by atoms with Crippen LogP contribution in [-0.4, -0.2) is 83.8 Å². The number of amides is 3. The molecule has 4 aromatic rings. The third kappa shape index (κ3) is 7.09. The van der Waals surface area contributed by atoms with E-state index in [0.29, 0.717) is 36.4 Å². The summed E-state index contributed by atoms with van der Waals surface area (Å²) in [7, 11) is 1.54. The van der Waals surface area contributed by atoms with Gasteiger partial charge < -0.3 is 20.3 Å². The van der Waals surface area contributed by atoms with E-state index in [-0.39, 0.29) is 41.9 Å². The van der Waals surface area contributed by atoms with Crippen LogP contribution in [-0.2, 0) is 14.3 Å². The van der Waals surface area contributed by atoms with Crippen LogP contribution in [0.5, 0.6) is 0 Å². The van der Waals surface area contributed by atoms with E-state index in [1.54, 1.807) is 17.2 Å². The largest absolute Gasteiger partial charge is 0.448 e. The highest BCUT2D eigenvalue weighted by molar-refractivity contribution is 7.10. The zero-order chi connectivity index (χ0) is 36.4. The van der Waals surface area contributed by atoms with E-state index < -0.39 is 29.9 Å². The van der Waals surface area contributed by atoms with Gasteiger partial charge >= 0.3 is 6.09 Å². The van der Waals surface area contributed by atoms with E-state index in [0.717, 1.165) is 41.8 Å². The molecule has 2 aliphatic heterocycles. The number of nitrogens with one attached hydrogen (secondary N) is 2. The van der Waals surface area contributed by atoms with Gasteiger partial charge in [-0.1, -0.05) is 48.5 Å². The minimum atomic E-state index is -0.902. The maximum Gasteiger partial charge on any atom is 0.410 e. The second-order valence-corrected chi connectivity index (χ2v) is 14.7. The zero-order valence-electron chi connectivity index (χ0n) is 29.2. The molecule has 0 unspecified atom stereocenters. The molecule has 0 radical (unpaired) electrons. The predicted molar refractivity (Wildman–Crippen MR) is 195 cm³/mol. The molecule has 10 nitrogen and oxygen atoms in total. The lowest BCUT2D eigenvalue weighted by Gasteiger charge is -2.36. The summed E-state index contributed by atoms with van der Waals surface area (Å²) in [5, 5.41) is 8.69. The minimum Gasteiger partial charge on any atom is -0.448 e. The van der Waals surface area contributed by atoms with Crippen LogP contribution < -0.4 is 10.6 Å². The fourth-order valence-corrected chi connectivity index (χ4v) is 8.57. The highest BCUT2D eigenvalue weighted by Crippen LogP contribution is 2.44. The van der Waals surface area contributed by atoms with Crippen molar-refractivity contribution in [1.29, 1.82) is 0 Å². The van der Waals surface area contributed by atoms with Crippen LogP contribution in [0.2, 0.25) is 0 Å². The van der Waals surface area contributed by atoms with E-state index in [4.69, 9.17) is 4.74 Å². The lowest BCUT2D eigenvalue weighted by Crippen LogP contribution is -2.57. The van der Waals surface area contributed by atoms with Crippen LogP contribution in [0.4, 0.5) is 9.18 Å². The number of hydrogen-bond donors (Lipinski definition) is 2. The predicted octanol–water partition coefficient (Wildman–Crippen LogP) is 5.93. The molecule has 2 fully saturated rings. The summed E-state index contributed by atoms with van der Waals surface area (Å²) >= 11 is 1.32. The first-order valence-corrected chi connectivity index (χ1v) is 18.7. The molecule has 3 aliphatic rings. The smallest absolute Gasteiger partial charge is 0.410 e. The first-order valence-electron chi connectivity index (χ1n) is 17.9. The van der Waals surface area contributed by atoms with Crippen LogP contribution in [0.15, 0.2) is 78.2 Å². The number of nitrogens with zero attached hydrogens (tertiary/aromatic N) is 3. The number of likely N-dealkylation sites (N-methyl/N-ethyl adjacent to an activating group) is 1. The third-order valence-electron chi connectivity index (χ3n) is 10.7. The number of carbonyl (C=O) groups is 4. The van der Waals surface area contributed by atoms with Gasteiger partial charge in [0.15, 0.2) is 0 Å². The Balaban J connectivity index is 1.02. The van der Waals surface area contributed by atoms with Crippen molar-refractivity contribution in [3.05, 3.63) is 111 Å². The Bertz CT molecular complexity index is 1920. The Kier molecular flexibility index (Phi) is 10.5. The lowest BCUT2D eigenvalue weighted by molar-refractivity contribution is -0.140. The average molecular weight is 724 g/mol. The van der Waals surface area contributed by atoms with Gasteiger partial charge in [-0.15, -0.1) is 11.3 Å². The van der Waals surface area contributed by atoms with Gasteiger partial charge in [0.1, 0.15) is 35.2 Å². The number of fused-ring (bicyclic) bond motifs is 3. The molecular formula is C40H42FN5O5S. The molecule has 0 spiro atoms. The fraction of sp³-hybridized carbons (Fsp3) is 0.375. The molecule has 12 heteroatoms. The summed E-state index contributed by atoms with van der Waals surface area (Å²) in [6.07, 6.45) is 2.23. The first-order chi connectivity index (χ1) is 25.2. The van der Waals surface area contributed by atoms with Gasteiger partial charge in [0, 0.05) is 30.5 Å². The molecule has 3 aromatic carbocycles. The van der Waals surface area contributed by atoms with Crippen molar-refractivity contribution < 1.29 is 28.3 Å². The molecule has 3 atom stereocenters. The topological polar surface area (TPSA) is 121 Å². The second-order valence-electron chi connectivity index (χ2n) is 13.8. The summed E-state index contributed by atoms with van der Waals surface area (Å²) in [4.78, 5) is 62.3. The Morgan fingerprint density at radius 3 is 2.31 bits per heavy atom. The number of halogens is 1. The van der Waals surface area contributed by atoms with Crippen molar-refractivity contribution in [1.82, 2.24) is 25.4 Å². The molecule has 7 rings (SSSR count). The fourth-order valence-electron chi connectivity index (χ4n) is 7.62. The highest BCUT2D eigenvalue weighted by Gasteiger charge is 2.41. The van der Waals surface area contributed by atoms with Crippen molar-refractivity contribution in [3.8, 4) is 11.1 Å². The van der Waals surface area contributed by atoms with Crippen LogP contribution in [0.3, 0.4) is 0 Å².